The van der Waals surface area contributed by atoms with E-state index in [0.717, 1.165) is 12.1 Å². The molecule has 3 N–H and O–H groups in total. The molecule has 1 saturated carbocycles. The van der Waals surface area contributed by atoms with Crippen molar-refractivity contribution in [3.05, 3.63) is 29.3 Å². The third-order valence-electron chi connectivity index (χ3n) is 3.12. The van der Waals surface area contributed by atoms with Crippen molar-refractivity contribution in [2.24, 2.45) is 0 Å². The summed E-state index contributed by atoms with van der Waals surface area (Å²) in [7, 11) is 0. The number of aliphatic hydroxyl groups excluding tert-OH is 1. The third kappa shape index (κ3) is 2.81. The molecule has 1 aliphatic carbocycles. The molecule has 0 radical (unpaired) electrons. The van der Waals surface area contributed by atoms with E-state index in [4.69, 9.17) is 10.2 Å². The van der Waals surface area contributed by atoms with E-state index in [1.54, 1.807) is 0 Å². The van der Waals surface area contributed by atoms with Gasteiger partial charge in [0, 0.05) is 5.69 Å². The van der Waals surface area contributed by atoms with Crippen molar-refractivity contribution in [1.29, 1.82) is 0 Å². The maximum Gasteiger partial charge on any atom is 0.417 e. The molecule has 0 unspecified atom stereocenters. The van der Waals surface area contributed by atoms with E-state index in [1.165, 1.54) is 6.07 Å². The average molecular weight is 275 g/mol. The molecule has 0 aliphatic heterocycles. The predicted molar refractivity (Wildman–Crippen MR) is 61.1 cm³/mol. The van der Waals surface area contributed by atoms with E-state index in [1.807, 2.05) is 0 Å². The van der Waals surface area contributed by atoms with E-state index in [-0.39, 0.29) is 12.3 Å². The number of benzene rings is 1. The van der Waals surface area contributed by atoms with Crippen LogP contribution in [0.4, 0.5) is 18.9 Å². The number of aromatic carboxylic acids is 1. The zero-order chi connectivity index (χ0) is 14.3. The van der Waals surface area contributed by atoms with Gasteiger partial charge in [0.25, 0.3) is 0 Å². The van der Waals surface area contributed by atoms with E-state index in [2.05, 4.69) is 5.32 Å². The normalized spacial score (nSPS) is 17.1. The van der Waals surface area contributed by atoms with Gasteiger partial charge in [0.15, 0.2) is 0 Å². The summed E-state index contributed by atoms with van der Waals surface area (Å²) in [5.74, 6) is -1.63. The number of halogens is 3. The molecule has 0 heterocycles. The first-order chi connectivity index (χ1) is 8.77. The zero-order valence-corrected chi connectivity index (χ0v) is 9.79. The summed E-state index contributed by atoms with van der Waals surface area (Å²) in [5, 5.41) is 20.8. The molecule has 0 saturated heterocycles. The summed E-state index contributed by atoms with van der Waals surface area (Å²) >= 11 is 0. The Bertz CT molecular complexity index is 509. The van der Waals surface area contributed by atoms with Gasteiger partial charge in [0.1, 0.15) is 0 Å². The van der Waals surface area contributed by atoms with Crippen molar-refractivity contribution in [2.45, 2.75) is 24.6 Å². The number of hydrogen-bond acceptors (Lipinski definition) is 3. The first-order valence-corrected chi connectivity index (χ1v) is 5.61. The topological polar surface area (TPSA) is 69.6 Å². The third-order valence-corrected chi connectivity index (χ3v) is 3.12. The van der Waals surface area contributed by atoms with Crippen molar-refractivity contribution < 1.29 is 28.2 Å². The number of carbonyl (C=O) groups is 1. The minimum absolute atomic E-state index is 0.142. The van der Waals surface area contributed by atoms with Gasteiger partial charge in [0.2, 0.25) is 0 Å². The van der Waals surface area contributed by atoms with E-state index >= 15 is 0 Å². The fourth-order valence-electron chi connectivity index (χ4n) is 1.83. The van der Waals surface area contributed by atoms with Crippen LogP contribution in [0.15, 0.2) is 18.2 Å². The molecular formula is C12H12F3NO3. The fraction of sp³-hybridized carbons (Fsp3) is 0.417. The van der Waals surface area contributed by atoms with E-state index in [9.17, 15) is 18.0 Å². The molecule has 0 aromatic heterocycles. The van der Waals surface area contributed by atoms with Crippen LogP contribution in [-0.4, -0.2) is 28.3 Å². The molecule has 1 aliphatic rings. The molecule has 0 spiro atoms. The number of rotatable bonds is 4. The molecule has 0 atom stereocenters. The van der Waals surface area contributed by atoms with Crippen LogP contribution < -0.4 is 5.32 Å². The Morgan fingerprint density at radius 1 is 1.37 bits per heavy atom. The molecule has 104 valence electrons. The Morgan fingerprint density at radius 3 is 2.42 bits per heavy atom. The quantitative estimate of drug-likeness (QED) is 0.789. The van der Waals surface area contributed by atoms with Crippen molar-refractivity contribution >= 4 is 11.7 Å². The van der Waals surface area contributed by atoms with Gasteiger partial charge in [0.05, 0.1) is 23.3 Å². The summed E-state index contributed by atoms with van der Waals surface area (Å²) in [5.41, 5.74) is -2.24. The van der Waals surface area contributed by atoms with Gasteiger partial charge < -0.3 is 15.5 Å². The van der Waals surface area contributed by atoms with Gasteiger partial charge in [-0.15, -0.1) is 0 Å². The Labute approximate surface area is 106 Å². The van der Waals surface area contributed by atoms with Gasteiger partial charge in [-0.2, -0.15) is 13.2 Å². The van der Waals surface area contributed by atoms with Gasteiger partial charge in [-0.25, -0.2) is 4.79 Å². The highest BCUT2D eigenvalue weighted by Crippen LogP contribution is 2.39. The molecule has 0 amide bonds. The number of alkyl halides is 3. The molecule has 1 fully saturated rings. The van der Waals surface area contributed by atoms with Crippen molar-refractivity contribution in [2.75, 3.05) is 11.9 Å². The van der Waals surface area contributed by atoms with Gasteiger partial charge >= 0.3 is 12.1 Å². The monoisotopic (exact) mass is 275 g/mol. The van der Waals surface area contributed by atoms with E-state index in [0.29, 0.717) is 12.8 Å². The van der Waals surface area contributed by atoms with Gasteiger partial charge in [-0.05, 0) is 31.0 Å². The molecule has 1 aromatic rings. The molecule has 2 rings (SSSR count). The van der Waals surface area contributed by atoms with Gasteiger partial charge in [-0.3, -0.25) is 0 Å². The van der Waals surface area contributed by atoms with Gasteiger partial charge in [-0.1, -0.05) is 0 Å². The van der Waals surface area contributed by atoms with Crippen molar-refractivity contribution in [1.82, 2.24) is 0 Å². The number of anilines is 1. The van der Waals surface area contributed by atoms with Crippen LogP contribution in [-0.2, 0) is 6.18 Å². The number of nitrogens with one attached hydrogen (secondary N) is 1. The Kier molecular flexibility index (Phi) is 3.17. The highest BCUT2D eigenvalue weighted by molar-refractivity contribution is 5.91. The highest BCUT2D eigenvalue weighted by atomic mass is 19.4. The fourth-order valence-corrected chi connectivity index (χ4v) is 1.83. The van der Waals surface area contributed by atoms with Crippen molar-refractivity contribution in [3.8, 4) is 0 Å². The minimum atomic E-state index is -4.71. The standard InChI is InChI=1S/C12H12F3NO3/c13-12(14,15)9-2-1-7(5-8(9)10(18)19)16-11(6-17)3-4-11/h1-2,5,16-17H,3-4,6H2,(H,18,19). The van der Waals surface area contributed by atoms with Crippen LogP contribution in [0.1, 0.15) is 28.8 Å². The summed E-state index contributed by atoms with van der Waals surface area (Å²) in [6.07, 6.45) is -3.31. The average Bonchev–Trinajstić information content (AvgIpc) is 3.08. The molecule has 1 aromatic carbocycles. The summed E-state index contributed by atoms with van der Waals surface area (Å²) < 4.78 is 37.9. The lowest BCUT2D eigenvalue weighted by atomic mass is 10.1. The first kappa shape index (κ1) is 13.7. The smallest absolute Gasteiger partial charge is 0.417 e. The van der Waals surface area contributed by atoms with Crippen LogP contribution in [0.2, 0.25) is 0 Å². The molecule has 19 heavy (non-hydrogen) atoms. The summed E-state index contributed by atoms with van der Waals surface area (Å²) in [6, 6.07) is 2.85. The van der Waals surface area contributed by atoms with Crippen LogP contribution in [0.5, 0.6) is 0 Å². The Hall–Kier alpha value is -1.76. The molecular weight excluding hydrogens is 263 g/mol. The molecule has 4 nitrogen and oxygen atoms in total. The number of hydrogen-bond donors (Lipinski definition) is 3. The number of aliphatic hydroxyl groups is 1. The maximum atomic E-state index is 12.6. The van der Waals surface area contributed by atoms with E-state index < -0.39 is 28.8 Å². The zero-order valence-electron chi connectivity index (χ0n) is 9.79. The molecule has 7 heteroatoms. The molecule has 0 bridgehead atoms. The van der Waals surface area contributed by atoms with Crippen LogP contribution >= 0.6 is 0 Å². The van der Waals surface area contributed by atoms with Crippen LogP contribution in [0.25, 0.3) is 0 Å². The second-order valence-corrected chi connectivity index (χ2v) is 4.63. The number of carboxylic acids is 1. The Morgan fingerprint density at radius 2 is 2.00 bits per heavy atom. The number of carboxylic acid groups (broad SMARTS) is 1. The lowest BCUT2D eigenvalue weighted by molar-refractivity contribution is -0.138. The highest BCUT2D eigenvalue weighted by Gasteiger charge is 2.42. The second kappa shape index (κ2) is 4.41. The minimum Gasteiger partial charge on any atom is -0.478 e. The summed E-state index contributed by atoms with van der Waals surface area (Å²) in [4.78, 5) is 10.9. The largest absolute Gasteiger partial charge is 0.478 e. The second-order valence-electron chi connectivity index (χ2n) is 4.63. The van der Waals surface area contributed by atoms with Crippen LogP contribution in [0.3, 0.4) is 0 Å². The summed E-state index contributed by atoms with van der Waals surface area (Å²) in [6.45, 7) is -0.142. The first-order valence-electron chi connectivity index (χ1n) is 5.61. The SMILES string of the molecule is O=C(O)c1cc(NC2(CO)CC2)ccc1C(F)(F)F. The van der Waals surface area contributed by atoms with Crippen LogP contribution in [0, 0.1) is 0 Å². The Balaban J connectivity index is 2.34. The lowest BCUT2D eigenvalue weighted by Crippen LogP contribution is -2.26. The predicted octanol–water partition coefficient (Wildman–Crippen LogP) is 2.34. The van der Waals surface area contributed by atoms with Crippen molar-refractivity contribution in [3.63, 3.8) is 0 Å². The maximum absolute atomic E-state index is 12.6. The lowest BCUT2D eigenvalue weighted by Gasteiger charge is -2.18.